The number of benzene rings is 9. The Morgan fingerprint density at radius 3 is 1.08 bits per heavy atom. The summed E-state index contributed by atoms with van der Waals surface area (Å²) in [6.45, 7) is 0. The van der Waals surface area contributed by atoms with E-state index in [1.54, 1.807) is 0 Å². The van der Waals surface area contributed by atoms with E-state index in [4.69, 9.17) is 0 Å². The number of fused-ring (bicyclic) bond motifs is 10. The third-order valence-corrected chi connectivity index (χ3v) is 8.35. The van der Waals surface area contributed by atoms with Crippen LogP contribution in [-0.4, -0.2) is 0 Å². The summed E-state index contributed by atoms with van der Waals surface area (Å²) in [6, 6.07) is 45.3. The molecule has 0 saturated heterocycles. The van der Waals surface area contributed by atoms with Gasteiger partial charge in [-0.3, -0.25) is 0 Å². The number of hydrogen-bond donors (Lipinski definition) is 0. The molecule has 0 radical (unpaired) electrons. The van der Waals surface area contributed by atoms with Gasteiger partial charge in [-0.15, -0.1) is 0 Å². The van der Waals surface area contributed by atoms with Crippen LogP contribution in [0.2, 0.25) is 0 Å². The number of rotatable bonds is 0. The lowest BCUT2D eigenvalue weighted by Crippen LogP contribution is -1.90. The molecular weight excluding hydrogens is 432 g/mol. The van der Waals surface area contributed by atoms with E-state index in [-0.39, 0.29) is 0 Å². The molecule has 0 aliphatic rings. The van der Waals surface area contributed by atoms with Gasteiger partial charge in [0.15, 0.2) is 0 Å². The molecule has 0 aliphatic carbocycles. The third-order valence-electron chi connectivity index (χ3n) is 8.35. The second-order valence-corrected chi connectivity index (χ2v) is 10.1. The van der Waals surface area contributed by atoms with Crippen molar-refractivity contribution in [2.24, 2.45) is 0 Å². The van der Waals surface area contributed by atoms with Gasteiger partial charge in [0, 0.05) is 0 Å². The molecule has 0 heterocycles. The Morgan fingerprint density at radius 2 is 0.611 bits per heavy atom. The Hall–Kier alpha value is -4.68. The molecule has 0 atom stereocenters. The third kappa shape index (κ3) is 2.20. The second-order valence-electron chi connectivity index (χ2n) is 10.1. The van der Waals surface area contributed by atoms with Crippen LogP contribution in [0.1, 0.15) is 0 Å². The average Bonchev–Trinajstić information content (AvgIpc) is 2.95. The molecule has 0 N–H and O–H groups in total. The predicted molar refractivity (Wildman–Crippen MR) is 158 cm³/mol. The largest absolute Gasteiger partial charge is 0.0616 e. The zero-order chi connectivity index (χ0) is 23.4. The lowest BCUT2D eigenvalue weighted by atomic mass is 9.85. The first-order valence-electron chi connectivity index (χ1n) is 12.6. The standard InChI is InChI=1S/C36H20/c1-3-9-23-21(7-1)15-17-25-27-11-5-13-29-30-14-6-12-28-26-18-16-22-8-2-4-10-24(22)32(26)20-34(36(28)30)33(35(27)29)19-31(23)25/h1-20H. The molecule has 0 heteroatoms. The highest BCUT2D eigenvalue weighted by atomic mass is 14.2. The van der Waals surface area contributed by atoms with E-state index in [9.17, 15) is 0 Å². The van der Waals surface area contributed by atoms with Gasteiger partial charge in [0.2, 0.25) is 0 Å². The first-order chi connectivity index (χ1) is 17.9. The van der Waals surface area contributed by atoms with Gasteiger partial charge in [0.05, 0.1) is 0 Å². The Labute approximate surface area is 207 Å². The van der Waals surface area contributed by atoms with Crippen molar-refractivity contribution >= 4 is 86.2 Å². The van der Waals surface area contributed by atoms with Crippen molar-refractivity contribution in [3.8, 4) is 0 Å². The zero-order valence-electron chi connectivity index (χ0n) is 19.5. The fourth-order valence-electron chi connectivity index (χ4n) is 6.81. The normalized spacial score (nSPS) is 12.4. The minimum atomic E-state index is 1.29. The number of hydrogen-bond acceptors (Lipinski definition) is 0. The highest BCUT2D eigenvalue weighted by Gasteiger charge is 2.17. The van der Waals surface area contributed by atoms with E-state index in [0.717, 1.165) is 0 Å². The van der Waals surface area contributed by atoms with E-state index in [1.165, 1.54) is 86.2 Å². The first kappa shape index (κ1) is 18.6. The summed E-state index contributed by atoms with van der Waals surface area (Å²) in [6.07, 6.45) is 0. The Morgan fingerprint density at radius 1 is 0.222 bits per heavy atom. The minimum absolute atomic E-state index is 1.29. The van der Waals surface area contributed by atoms with Crippen LogP contribution in [0.25, 0.3) is 86.2 Å². The van der Waals surface area contributed by atoms with Gasteiger partial charge in [0.25, 0.3) is 0 Å². The lowest BCUT2D eigenvalue weighted by Gasteiger charge is -2.18. The molecule has 36 heavy (non-hydrogen) atoms. The zero-order valence-corrected chi connectivity index (χ0v) is 19.5. The molecule has 0 unspecified atom stereocenters. The van der Waals surface area contributed by atoms with Gasteiger partial charge in [-0.1, -0.05) is 109 Å². The Kier molecular flexibility index (Phi) is 3.36. The van der Waals surface area contributed by atoms with E-state index in [0.29, 0.717) is 0 Å². The highest BCUT2D eigenvalue weighted by molar-refractivity contribution is 6.40. The van der Waals surface area contributed by atoms with Gasteiger partial charge in [-0.2, -0.15) is 0 Å². The summed E-state index contributed by atoms with van der Waals surface area (Å²) in [5, 5.41) is 21.4. The Bertz CT molecular complexity index is 2190. The summed E-state index contributed by atoms with van der Waals surface area (Å²) in [4.78, 5) is 0. The maximum absolute atomic E-state index is 2.46. The molecule has 9 aromatic rings. The van der Waals surface area contributed by atoms with Crippen molar-refractivity contribution in [3.05, 3.63) is 121 Å². The van der Waals surface area contributed by atoms with Crippen LogP contribution in [-0.2, 0) is 0 Å². The van der Waals surface area contributed by atoms with E-state index < -0.39 is 0 Å². The molecular formula is C36H20. The SMILES string of the molecule is c1ccc2c(c1)ccc1c2cc2c3cc4c5ccccc5ccc4c4cccc(c5cccc1c52)c43. The van der Waals surface area contributed by atoms with Gasteiger partial charge in [-0.25, -0.2) is 0 Å². The fraction of sp³-hybridized carbons (Fsp3) is 0. The molecule has 164 valence electrons. The molecule has 0 aliphatic heterocycles. The summed E-state index contributed by atoms with van der Waals surface area (Å²) in [5.74, 6) is 0. The predicted octanol–water partition coefficient (Wildman–Crippen LogP) is 10.3. The molecule has 0 fully saturated rings. The minimum Gasteiger partial charge on any atom is -0.0616 e. The van der Waals surface area contributed by atoms with Crippen LogP contribution in [0.15, 0.2) is 121 Å². The van der Waals surface area contributed by atoms with Crippen LogP contribution in [0.3, 0.4) is 0 Å². The van der Waals surface area contributed by atoms with Crippen LogP contribution in [0.4, 0.5) is 0 Å². The maximum atomic E-state index is 2.46. The molecule has 0 nitrogen and oxygen atoms in total. The molecule has 0 amide bonds. The molecule has 0 spiro atoms. The Balaban J connectivity index is 1.65. The van der Waals surface area contributed by atoms with E-state index in [1.807, 2.05) is 0 Å². The van der Waals surface area contributed by atoms with Crippen molar-refractivity contribution in [2.75, 3.05) is 0 Å². The summed E-state index contributed by atoms with van der Waals surface area (Å²) in [7, 11) is 0. The van der Waals surface area contributed by atoms with Gasteiger partial charge in [0.1, 0.15) is 0 Å². The van der Waals surface area contributed by atoms with Gasteiger partial charge >= 0.3 is 0 Å². The van der Waals surface area contributed by atoms with Crippen LogP contribution < -0.4 is 0 Å². The van der Waals surface area contributed by atoms with E-state index >= 15 is 0 Å². The summed E-state index contributed by atoms with van der Waals surface area (Å²) < 4.78 is 0. The van der Waals surface area contributed by atoms with Crippen molar-refractivity contribution < 1.29 is 0 Å². The smallest absolute Gasteiger partial charge is 0.00199 e. The highest BCUT2D eigenvalue weighted by Crippen LogP contribution is 2.46. The van der Waals surface area contributed by atoms with Gasteiger partial charge in [-0.05, 0) is 98.3 Å². The van der Waals surface area contributed by atoms with Gasteiger partial charge < -0.3 is 0 Å². The van der Waals surface area contributed by atoms with Crippen molar-refractivity contribution in [1.29, 1.82) is 0 Å². The molecule has 9 rings (SSSR count). The first-order valence-corrected chi connectivity index (χ1v) is 12.6. The van der Waals surface area contributed by atoms with Crippen LogP contribution >= 0.6 is 0 Å². The molecule has 9 aromatic carbocycles. The monoisotopic (exact) mass is 452 g/mol. The van der Waals surface area contributed by atoms with E-state index in [2.05, 4.69) is 121 Å². The summed E-state index contributed by atoms with van der Waals surface area (Å²) in [5.41, 5.74) is 0. The quantitative estimate of drug-likeness (QED) is 0.159. The second kappa shape index (κ2) is 6.50. The lowest BCUT2D eigenvalue weighted by molar-refractivity contribution is 1.79. The van der Waals surface area contributed by atoms with Crippen molar-refractivity contribution in [3.63, 3.8) is 0 Å². The molecule has 0 aromatic heterocycles. The summed E-state index contributed by atoms with van der Waals surface area (Å²) >= 11 is 0. The molecule has 0 bridgehead atoms. The average molecular weight is 453 g/mol. The maximum Gasteiger partial charge on any atom is -0.00199 e. The topological polar surface area (TPSA) is 0 Å². The van der Waals surface area contributed by atoms with Crippen LogP contribution in [0, 0.1) is 0 Å². The van der Waals surface area contributed by atoms with Crippen LogP contribution in [0.5, 0.6) is 0 Å². The van der Waals surface area contributed by atoms with Crippen molar-refractivity contribution in [1.82, 2.24) is 0 Å². The van der Waals surface area contributed by atoms with Crippen molar-refractivity contribution in [2.45, 2.75) is 0 Å². The fourth-order valence-corrected chi connectivity index (χ4v) is 6.81. The molecule has 0 saturated carbocycles.